The second-order valence-electron chi connectivity index (χ2n) is 5.19. The molecule has 0 aliphatic carbocycles. The van der Waals surface area contributed by atoms with Gasteiger partial charge in [0.05, 0.1) is 0 Å². The van der Waals surface area contributed by atoms with E-state index in [1.165, 1.54) is 0 Å². The molecule has 1 amide bonds. The Morgan fingerprint density at radius 1 is 1.43 bits per heavy atom. The summed E-state index contributed by atoms with van der Waals surface area (Å²) in [5.41, 5.74) is 6.02. The first kappa shape index (κ1) is 15.0. The molecule has 0 aromatic carbocycles. The number of rotatable bonds is 5. The van der Waals surface area contributed by atoms with Crippen molar-refractivity contribution in [3.8, 4) is 0 Å². The molecule has 3 N–H and O–H groups in total. The predicted octanol–water partition coefficient (Wildman–Crippen LogP) is 1.27. The zero-order chi connectivity index (χ0) is 15.2. The largest absolute Gasteiger partial charge is 0.478 e. The van der Waals surface area contributed by atoms with Crippen LogP contribution in [0.25, 0.3) is 6.08 Å². The monoisotopic (exact) mass is 289 g/mol. The molecule has 0 spiro atoms. The molecule has 2 heterocycles. The summed E-state index contributed by atoms with van der Waals surface area (Å²) < 4.78 is 0. The van der Waals surface area contributed by atoms with E-state index in [1.54, 1.807) is 18.3 Å². The Balaban J connectivity index is 2.06. The molecule has 0 saturated carbocycles. The molecule has 0 bridgehead atoms. The van der Waals surface area contributed by atoms with Crippen LogP contribution in [0.1, 0.15) is 24.8 Å². The molecule has 2 rings (SSSR count). The van der Waals surface area contributed by atoms with Crippen LogP contribution in [0.5, 0.6) is 0 Å². The SMILES string of the molecule is NC(=O)CC1CCN(c2ncccc2/C=C/C(=O)O)CC1. The lowest BCUT2D eigenvalue weighted by atomic mass is 9.93. The molecule has 1 fully saturated rings. The number of pyridine rings is 1. The number of nitrogens with two attached hydrogens (primary N) is 1. The Morgan fingerprint density at radius 2 is 2.14 bits per heavy atom. The number of hydrogen-bond donors (Lipinski definition) is 2. The Labute approximate surface area is 123 Å². The molecule has 0 atom stereocenters. The van der Waals surface area contributed by atoms with E-state index in [0.29, 0.717) is 12.3 Å². The van der Waals surface area contributed by atoms with Crippen LogP contribution in [-0.2, 0) is 9.59 Å². The van der Waals surface area contributed by atoms with Gasteiger partial charge in [-0.05, 0) is 37.0 Å². The van der Waals surface area contributed by atoms with Crippen LogP contribution in [0.3, 0.4) is 0 Å². The second-order valence-corrected chi connectivity index (χ2v) is 5.19. The van der Waals surface area contributed by atoms with E-state index in [9.17, 15) is 9.59 Å². The normalized spacial score (nSPS) is 16.3. The molecule has 112 valence electrons. The molecular weight excluding hydrogens is 270 g/mol. The summed E-state index contributed by atoms with van der Waals surface area (Å²) in [5, 5.41) is 8.73. The highest BCUT2D eigenvalue weighted by atomic mass is 16.4. The smallest absolute Gasteiger partial charge is 0.328 e. The highest BCUT2D eigenvalue weighted by Gasteiger charge is 2.22. The van der Waals surface area contributed by atoms with E-state index in [2.05, 4.69) is 9.88 Å². The number of aromatic nitrogens is 1. The molecule has 1 saturated heterocycles. The third-order valence-corrected chi connectivity index (χ3v) is 3.63. The minimum absolute atomic E-state index is 0.253. The van der Waals surface area contributed by atoms with Gasteiger partial charge in [0.25, 0.3) is 0 Å². The maximum Gasteiger partial charge on any atom is 0.328 e. The third kappa shape index (κ3) is 4.30. The minimum Gasteiger partial charge on any atom is -0.478 e. The summed E-state index contributed by atoms with van der Waals surface area (Å²) in [6, 6.07) is 3.63. The van der Waals surface area contributed by atoms with E-state index in [0.717, 1.165) is 43.4 Å². The van der Waals surface area contributed by atoms with Crippen molar-refractivity contribution >= 4 is 23.8 Å². The number of carbonyl (C=O) groups is 2. The Kier molecular flexibility index (Phi) is 4.92. The lowest BCUT2D eigenvalue weighted by Gasteiger charge is -2.33. The lowest BCUT2D eigenvalue weighted by Crippen LogP contribution is -2.35. The first-order chi connectivity index (χ1) is 10.1. The van der Waals surface area contributed by atoms with Crippen LogP contribution >= 0.6 is 0 Å². The molecule has 1 aromatic heterocycles. The van der Waals surface area contributed by atoms with Gasteiger partial charge in [-0.1, -0.05) is 0 Å². The maximum absolute atomic E-state index is 11.0. The summed E-state index contributed by atoms with van der Waals surface area (Å²) >= 11 is 0. The van der Waals surface area contributed by atoms with E-state index >= 15 is 0 Å². The van der Waals surface area contributed by atoms with E-state index in [-0.39, 0.29) is 5.91 Å². The number of piperidine rings is 1. The quantitative estimate of drug-likeness (QED) is 0.796. The van der Waals surface area contributed by atoms with Gasteiger partial charge in [0.15, 0.2) is 0 Å². The fourth-order valence-corrected chi connectivity index (χ4v) is 2.60. The average Bonchev–Trinajstić information content (AvgIpc) is 2.46. The number of primary amides is 1. The lowest BCUT2D eigenvalue weighted by molar-refractivity contribution is -0.131. The summed E-state index contributed by atoms with van der Waals surface area (Å²) in [4.78, 5) is 28.1. The number of carbonyl (C=O) groups excluding carboxylic acids is 1. The van der Waals surface area contributed by atoms with Gasteiger partial charge < -0.3 is 15.7 Å². The van der Waals surface area contributed by atoms with Crippen molar-refractivity contribution in [2.24, 2.45) is 11.7 Å². The predicted molar refractivity (Wildman–Crippen MR) is 79.7 cm³/mol. The average molecular weight is 289 g/mol. The van der Waals surface area contributed by atoms with Crippen LogP contribution in [-0.4, -0.2) is 35.1 Å². The van der Waals surface area contributed by atoms with E-state index in [4.69, 9.17) is 10.8 Å². The highest BCUT2D eigenvalue weighted by Crippen LogP contribution is 2.26. The number of anilines is 1. The number of nitrogens with zero attached hydrogens (tertiary/aromatic N) is 2. The molecule has 0 unspecified atom stereocenters. The number of hydrogen-bond acceptors (Lipinski definition) is 4. The standard InChI is InChI=1S/C15H19N3O3/c16-13(19)10-11-5-8-18(9-6-11)15-12(2-1-7-17-15)3-4-14(20)21/h1-4,7,11H,5-6,8-10H2,(H2,16,19)(H,20,21)/b4-3+. The van der Waals surface area contributed by atoms with Crippen LogP contribution < -0.4 is 10.6 Å². The first-order valence-electron chi connectivity index (χ1n) is 6.95. The molecule has 6 heteroatoms. The molecule has 6 nitrogen and oxygen atoms in total. The van der Waals surface area contributed by atoms with Crippen LogP contribution in [0.4, 0.5) is 5.82 Å². The molecule has 0 radical (unpaired) electrons. The fraction of sp³-hybridized carbons (Fsp3) is 0.400. The van der Waals surface area contributed by atoms with Gasteiger partial charge in [0.2, 0.25) is 5.91 Å². The summed E-state index contributed by atoms with van der Waals surface area (Å²) in [5.74, 6) is -0.116. The third-order valence-electron chi connectivity index (χ3n) is 3.63. The van der Waals surface area contributed by atoms with Crippen molar-refractivity contribution in [1.29, 1.82) is 0 Å². The Hall–Kier alpha value is -2.37. The van der Waals surface area contributed by atoms with Gasteiger partial charge >= 0.3 is 5.97 Å². The van der Waals surface area contributed by atoms with Gasteiger partial charge in [-0.15, -0.1) is 0 Å². The number of carboxylic acid groups (broad SMARTS) is 1. The van der Waals surface area contributed by atoms with Crippen molar-refractivity contribution in [3.05, 3.63) is 30.0 Å². The Morgan fingerprint density at radius 3 is 2.76 bits per heavy atom. The first-order valence-corrected chi connectivity index (χ1v) is 6.95. The van der Waals surface area contributed by atoms with Gasteiger partial charge in [-0.2, -0.15) is 0 Å². The number of carboxylic acids is 1. The zero-order valence-electron chi connectivity index (χ0n) is 11.7. The van der Waals surface area contributed by atoms with Crippen LogP contribution in [0, 0.1) is 5.92 Å². The molecule has 21 heavy (non-hydrogen) atoms. The Bertz CT molecular complexity index is 549. The topological polar surface area (TPSA) is 96.5 Å². The van der Waals surface area contributed by atoms with E-state index < -0.39 is 5.97 Å². The molecular formula is C15H19N3O3. The second kappa shape index (κ2) is 6.88. The van der Waals surface area contributed by atoms with Gasteiger partial charge in [-0.25, -0.2) is 9.78 Å². The highest BCUT2D eigenvalue weighted by molar-refractivity contribution is 5.86. The molecule has 1 aliphatic heterocycles. The van der Waals surface area contributed by atoms with Crippen LogP contribution in [0.2, 0.25) is 0 Å². The summed E-state index contributed by atoms with van der Waals surface area (Å²) in [6.07, 6.45) is 6.58. The van der Waals surface area contributed by atoms with Gasteiger partial charge in [-0.3, -0.25) is 4.79 Å². The maximum atomic E-state index is 11.0. The number of amides is 1. The molecule has 1 aliphatic rings. The van der Waals surface area contributed by atoms with Gasteiger partial charge in [0.1, 0.15) is 5.82 Å². The van der Waals surface area contributed by atoms with Crippen molar-refractivity contribution in [2.75, 3.05) is 18.0 Å². The molecule has 1 aromatic rings. The fourth-order valence-electron chi connectivity index (χ4n) is 2.60. The van der Waals surface area contributed by atoms with Gasteiger partial charge in [0, 0.05) is 37.3 Å². The van der Waals surface area contributed by atoms with Crippen LogP contribution in [0.15, 0.2) is 24.4 Å². The summed E-state index contributed by atoms with van der Waals surface area (Å²) in [7, 11) is 0. The summed E-state index contributed by atoms with van der Waals surface area (Å²) in [6.45, 7) is 1.59. The van der Waals surface area contributed by atoms with Crippen molar-refractivity contribution in [3.63, 3.8) is 0 Å². The zero-order valence-corrected chi connectivity index (χ0v) is 11.7. The van der Waals surface area contributed by atoms with Crippen molar-refractivity contribution < 1.29 is 14.7 Å². The van der Waals surface area contributed by atoms with Crippen molar-refractivity contribution in [2.45, 2.75) is 19.3 Å². The minimum atomic E-state index is -0.982. The van der Waals surface area contributed by atoms with E-state index in [1.807, 2.05) is 6.07 Å². The van der Waals surface area contributed by atoms with Crippen molar-refractivity contribution in [1.82, 2.24) is 4.98 Å². The number of aliphatic carboxylic acids is 1.